The number of amides is 3. The lowest BCUT2D eigenvalue weighted by atomic mass is 9.98. The normalized spacial score (nSPS) is 18.3. The highest BCUT2D eigenvalue weighted by Gasteiger charge is 2.28. The van der Waals surface area contributed by atoms with Crippen LogP contribution in [0.25, 0.3) is 11.0 Å². The molecule has 0 saturated carbocycles. The first kappa shape index (κ1) is 18.3. The van der Waals surface area contributed by atoms with Gasteiger partial charge in [0.05, 0.1) is 6.04 Å². The smallest absolute Gasteiger partial charge is 0.315 e. The second-order valence-electron chi connectivity index (χ2n) is 7.38. The second-order valence-corrected chi connectivity index (χ2v) is 7.38. The molecular formula is C20H27N3O3. The number of furan rings is 1. The molecule has 2 N–H and O–H groups in total. The van der Waals surface area contributed by atoms with E-state index in [1.54, 1.807) is 11.8 Å². The third kappa shape index (κ3) is 3.69. The second kappa shape index (κ2) is 7.40. The summed E-state index contributed by atoms with van der Waals surface area (Å²) in [4.78, 5) is 25.7. The van der Waals surface area contributed by atoms with Gasteiger partial charge < -0.3 is 20.0 Å². The van der Waals surface area contributed by atoms with Gasteiger partial charge in [-0.05, 0) is 25.3 Å². The Kier molecular flexibility index (Phi) is 5.20. The molecule has 1 aromatic carbocycles. The minimum Gasteiger partial charge on any atom is -0.459 e. The van der Waals surface area contributed by atoms with Crippen molar-refractivity contribution >= 4 is 22.9 Å². The highest BCUT2D eigenvalue weighted by molar-refractivity contribution is 5.82. The average molecular weight is 357 g/mol. The topological polar surface area (TPSA) is 74.6 Å². The van der Waals surface area contributed by atoms with E-state index in [4.69, 9.17) is 4.42 Å². The highest BCUT2D eigenvalue weighted by Crippen LogP contribution is 2.32. The van der Waals surface area contributed by atoms with E-state index in [0.717, 1.165) is 28.7 Å². The summed E-state index contributed by atoms with van der Waals surface area (Å²) in [5.74, 6) is 1.03. The summed E-state index contributed by atoms with van der Waals surface area (Å²) >= 11 is 0. The van der Waals surface area contributed by atoms with Gasteiger partial charge in [-0.25, -0.2) is 4.79 Å². The molecule has 2 aromatic rings. The summed E-state index contributed by atoms with van der Waals surface area (Å²) in [5.41, 5.74) is 1.89. The predicted molar refractivity (Wildman–Crippen MR) is 101 cm³/mol. The number of benzene rings is 1. The number of para-hydroxylation sites is 1. The molecule has 0 radical (unpaired) electrons. The number of aryl methyl sites for hydroxylation is 1. The average Bonchev–Trinajstić information content (AvgIpc) is 3.18. The Balaban J connectivity index is 1.71. The van der Waals surface area contributed by atoms with Crippen LogP contribution in [0.1, 0.15) is 44.6 Å². The molecule has 1 fully saturated rings. The van der Waals surface area contributed by atoms with Gasteiger partial charge in [0.2, 0.25) is 5.91 Å². The maximum absolute atomic E-state index is 12.5. The van der Waals surface area contributed by atoms with Crippen molar-refractivity contribution in [1.29, 1.82) is 0 Å². The Labute approximate surface area is 153 Å². The molecule has 1 aromatic heterocycles. The first-order chi connectivity index (χ1) is 12.4. The Hall–Kier alpha value is -2.50. The van der Waals surface area contributed by atoms with Crippen LogP contribution in [0.4, 0.5) is 4.79 Å². The summed E-state index contributed by atoms with van der Waals surface area (Å²) in [5, 5.41) is 7.12. The number of likely N-dealkylation sites (tertiary alicyclic amines) is 1. The molecular weight excluding hydrogens is 330 g/mol. The van der Waals surface area contributed by atoms with E-state index >= 15 is 0 Å². The zero-order chi connectivity index (χ0) is 18.8. The lowest BCUT2D eigenvalue weighted by Gasteiger charge is -2.23. The molecule has 3 amide bonds. The number of carbonyl (C=O) groups is 2. The lowest BCUT2D eigenvalue weighted by Crippen LogP contribution is -2.45. The Morgan fingerprint density at radius 3 is 2.62 bits per heavy atom. The van der Waals surface area contributed by atoms with Crippen LogP contribution in [0.2, 0.25) is 0 Å². The van der Waals surface area contributed by atoms with Crippen LogP contribution in [0, 0.1) is 12.8 Å². The summed E-state index contributed by atoms with van der Waals surface area (Å²) in [6, 6.07) is 7.46. The predicted octanol–water partition coefficient (Wildman–Crippen LogP) is 3.36. The molecule has 0 spiro atoms. The molecule has 0 bridgehead atoms. The summed E-state index contributed by atoms with van der Waals surface area (Å²) in [6.45, 7) is 8.96. The lowest BCUT2D eigenvalue weighted by molar-refractivity contribution is -0.127. The highest BCUT2D eigenvalue weighted by atomic mass is 16.3. The maximum Gasteiger partial charge on any atom is 0.315 e. The van der Waals surface area contributed by atoms with Crippen molar-refractivity contribution in [3.05, 3.63) is 35.6 Å². The van der Waals surface area contributed by atoms with Crippen LogP contribution in [0.3, 0.4) is 0 Å². The van der Waals surface area contributed by atoms with Gasteiger partial charge in [0.25, 0.3) is 0 Å². The maximum atomic E-state index is 12.5. The first-order valence-electron chi connectivity index (χ1n) is 9.17. The number of hydrogen-bond acceptors (Lipinski definition) is 3. The van der Waals surface area contributed by atoms with E-state index in [9.17, 15) is 9.59 Å². The minimum atomic E-state index is -0.223. The first-order valence-corrected chi connectivity index (χ1v) is 9.17. The Morgan fingerprint density at radius 1 is 1.27 bits per heavy atom. The van der Waals surface area contributed by atoms with Crippen molar-refractivity contribution in [2.45, 2.75) is 46.2 Å². The molecule has 1 aliphatic heterocycles. The van der Waals surface area contributed by atoms with Gasteiger partial charge in [0, 0.05) is 37.0 Å². The van der Waals surface area contributed by atoms with Crippen LogP contribution >= 0.6 is 0 Å². The fourth-order valence-corrected chi connectivity index (χ4v) is 3.56. The van der Waals surface area contributed by atoms with Crippen molar-refractivity contribution in [1.82, 2.24) is 15.5 Å². The summed E-state index contributed by atoms with van der Waals surface area (Å²) < 4.78 is 6.05. The number of carbonyl (C=O) groups excluding carboxylic acids is 2. The zero-order valence-corrected chi connectivity index (χ0v) is 15.8. The molecule has 140 valence electrons. The SMILES string of the molecule is CC(=O)N1CCC(NC(=O)N[C@H](c2oc3ccccc3c2C)C(C)C)C1. The molecule has 2 atom stereocenters. The van der Waals surface area contributed by atoms with E-state index in [0.29, 0.717) is 13.1 Å². The fraction of sp³-hybridized carbons (Fsp3) is 0.500. The molecule has 1 unspecified atom stereocenters. The van der Waals surface area contributed by atoms with Gasteiger partial charge in [-0.3, -0.25) is 4.79 Å². The summed E-state index contributed by atoms with van der Waals surface area (Å²) in [6.07, 6.45) is 0.781. The van der Waals surface area contributed by atoms with Crippen LogP contribution in [-0.2, 0) is 4.79 Å². The van der Waals surface area contributed by atoms with Gasteiger partial charge in [-0.2, -0.15) is 0 Å². The quantitative estimate of drug-likeness (QED) is 0.881. The number of rotatable bonds is 4. The molecule has 3 rings (SSSR count). The molecule has 0 aliphatic carbocycles. The largest absolute Gasteiger partial charge is 0.459 e. The zero-order valence-electron chi connectivity index (χ0n) is 15.8. The van der Waals surface area contributed by atoms with Crippen molar-refractivity contribution < 1.29 is 14.0 Å². The number of fused-ring (bicyclic) bond motifs is 1. The molecule has 2 heterocycles. The van der Waals surface area contributed by atoms with Gasteiger partial charge in [0.15, 0.2) is 0 Å². The van der Waals surface area contributed by atoms with Crippen LogP contribution in [0.5, 0.6) is 0 Å². The third-order valence-electron chi connectivity index (χ3n) is 5.09. The monoisotopic (exact) mass is 357 g/mol. The van der Waals surface area contributed by atoms with Crippen molar-refractivity contribution in [3.63, 3.8) is 0 Å². The minimum absolute atomic E-state index is 0.0107. The van der Waals surface area contributed by atoms with Crippen molar-refractivity contribution in [3.8, 4) is 0 Å². The molecule has 6 nitrogen and oxygen atoms in total. The van der Waals surface area contributed by atoms with E-state index in [1.165, 1.54) is 0 Å². The van der Waals surface area contributed by atoms with Crippen LogP contribution in [-0.4, -0.2) is 36.0 Å². The van der Waals surface area contributed by atoms with E-state index in [2.05, 4.69) is 24.5 Å². The van der Waals surface area contributed by atoms with Crippen LogP contribution in [0.15, 0.2) is 28.7 Å². The van der Waals surface area contributed by atoms with Gasteiger partial charge >= 0.3 is 6.03 Å². The van der Waals surface area contributed by atoms with Crippen LogP contribution < -0.4 is 10.6 Å². The standard InChI is InChI=1S/C20H27N3O3/c1-12(2)18(19-13(3)16-7-5-6-8-17(16)26-19)22-20(25)21-15-9-10-23(11-15)14(4)24/h5-8,12,15,18H,9-11H2,1-4H3,(H2,21,22,25)/t15?,18-/m0/s1. The fourth-order valence-electron chi connectivity index (χ4n) is 3.56. The van der Waals surface area contributed by atoms with E-state index in [1.807, 2.05) is 31.2 Å². The summed E-state index contributed by atoms with van der Waals surface area (Å²) in [7, 11) is 0. The van der Waals surface area contributed by atoms with Gasteiger partial charge in [-0.15, -0.1) is 0 Å². The number of hydrogen-bond donors (Lipinski definition) is 2. The molecule has 1 aliphatic rings. The van der Waals surface area contributed by atoms with Gasteiger partial charge in [0.1, 0.15) is 11.3 Å². The number of nitrogens with one attached hydrogen (secondary N) is 2. The molecule has 1 saturated heterocycles. The van der Waals surface area contributed by atoms with E-state index in [-0.39, 0.29) is 29.9 Å². The van der Waals surface area contributed by atoms with Crippen molar-refractivity contribution in [2.24, 2.45) is 5.92 Å². The van der Waals surface area contributed by atoms with Gasteiger partial charge in [-0.1, -0.05) is 32.0 Å². The number of urea groups is 1. The van der Waals surface area contributed by atoms with Crippen molar-refractivity contribution in [2.75, 3.05) is 13.1 Å². The third-order valence-corrected chi connectivity index (χ3v) is 5.09. The Morgan fingerprint density at radius 2 is 2.00 bits per heavy atom. The molecule has 6 heteroatoms. The Bertz CT molecular complexity index is 812. The molecule has 26 heavy (non-hydrogen) atoms. The van der Waals surface area contributed by atoms with E-state index < -0.39 is 0 Å². The number of nitrogens with zero attached hydrogens (tertiary/aromatic N) is 1.